The minimum Gasteiger partial charge on any atom is -0.472 e. The number of aryl methyl sites for hydroxylation is 1. The average Bonchev–Trinajstić information content (AvgIpc) is 2.99. The Labute approximate surface area is 138 Å². The lowest BCUT2D eigenvalue weighted by Crippen LogP contribution is -2.57. The van der Waals surface area contributed by atoms with Crippen molar-refractivity contribution in [1.29, 1.82) is 0 Å². The highest BCUT2D eigenvalue weighted by molar-refractivity contribution is 5.92. The number of rotatable bonds is 4. The predicted molar refractivity (Wildman–Crippen MR) is 89.9 cm³/mol. The summed E-state index contributed by atoms with van der Waals surface area (Å²) < 4.78 is 5.19. The van der Waals surface area contributed by atoms with E-state index in [4.69, 9.17) is 4.42 Å². The van der Waals surface area contributed by atoms with Gasteiger partial charge in [-0.1, -0.05) is 19.4 Å². The van der Waals surface area contributed by atoms with Crippen LogP contribution in [0.1, 0.15) is 52.0 Å². The largest absolute Gasteiger partial charge is 0.472 e. The quantitative estimate of drug-likeness (QED) is 0.907. The minimum atomic E-state index is -0.210. The van der Waals surface area contributed by atoms with Gasteiger partial charge in [-0.15, -0.1) is 0 Å². The van der Waals surface area contributed by atoms with Gasteiger partial charge in [-0.05, 0) is 67.6 Å². The lowest BCUT2D eigenvalue weighted by Gasteiger charge is -2.60. The zero-order valence-electron chi connectivity index (χ0n) is 14.5. The zero-order valence-corrected chi connectivity index (χ0v) is 14.5. The summed E-state index contributed by atoms with van der Waals surface area (Å²) in [7, 11) is 0. The van der Waals surface area contributed by atoms with Gasteiger partial charge in [0.25, 0.3) is 0 Å². The van der Waals surface area contributed by atoms with Crippen LogP contribution in [-0.2, 0) is 11.2 Å². The van der Waals surface area contributed by atoms with Crippen LogP contribution in [0.15, 0.2) is 34.7 Å². The van der Waals surface area contributed by atoms with Crippen LogP contribution in [-0.4, -0.2) is 17.5 Å². The van der Waals surface area contributed by atoms with Gasteiger partial charge in [0.2, 0.25) is 0 Å². The van der Waals surface area contributed by atoms with Gasteiger partial charge in [0.05, 0.1) is 12.5 Å². The SMILES string of the molecule is CC1=CC(=O)C[C@@]2(C)[C@H]1CC[C@H](C)[C@]2(CO)CCc1ccoc1. The molecule has 1 heterocycles. The number of fused-ring (bicyclic) bond motifs is 1. The summed E-state index contributed by atoms with van der Waals surface area (Å²) in [6, 6.07) is 2.00. The Balaban J connectivity index is 1.97. The fourth-order valence-electron chi connectivity index (χ4n) is 5.47. The number of aliphatic hydroxyl groups is 1. The van der Waals surface area contributed by atoms with Gasteiger partial charge in [-0.25, -0.2) is 0 Å². The summed E-state index contributed by atoms with van der Waals surface area (Å²) in [6.07, 6.45) is 9.92. The molecule has 126 valence electrons. The molecule has 1 aromatic rings. The molecule has 1 fully saturated rings. The van der Waals surface area contributed by atoms with Crippen LogP contribution >= 0.6 is 0 Å². The lowest BCUT2D eigenvalue weighted by atomic mass is 9.44. The van der Waals surface area contributed by atoms with Crippen molar-refractivity contribution < 1.29 is 14.3 Å². The molecule has 0 aromatic carbocycles. The Morgan fingerprint density at radius 1 is 1.39 bits per heavy atom. The highest BCUT2D eigenvalue weighted by Gasteiger charge is 2.58. The number of furan rings is 1. The van der Waals surface area contributed by atoms with Crippen LogP contribution in [0.4, 0.5) is 0 Å². The van der Waals surface area contributed by atoms with Crippen molar-refractivity contribution in [2.24, 2.45) is 22.7 Å². The van der Waals surface area contributed by atoms with Crippen molar-refractivity contribution in [3.8, 4) is 0 Å². The number of carbonyl (C=O) groups excluding carboxylic acids is 1. The van der Waals surface area contributed by atoms with Gasteiger partial charge in [0.15, 0.2) is 5.78 Å². The fraction of sp³-hybridized carbons (Fsp3) is 0.650. The highest BCUT2D eigenvalue weighted by Crippen LogP contribution is 2.63. The smallest absolute Gasteiger partial charge is 0.156 e. The maximum absolute atomic E-state index is 12.3. The Morgan fingerprint density at radius 2 is 2.17 bits per heavy atom. The van der Waals surface area contributed by atoms with E-state index in [0.717, 1.165) is 25.7 Å². The third-order valence-electron chi connectivity index (χ3n) is 6.94. The summed E-state index contributed by atoms with van der Waals surface area (Å²) >= 11 is 0. The van der Waals surface area contributed by atoms with Crippen molar-refractivity contribution in [3.63, 3.8) is 0 Å². The fourth-order valence-corrected chi connectivity index (χ4v) is 5.47. The van der Waals surface area contributed by atoms with Gasteiger partial charge >= 0.3 is 0 Å². The van der Waals surface area contributed by atoms with Crippen LogP contribution in [0.25, 0.3) is 0 Å². The molecule has 0 aliphatic heterocycles. The van der Waals surface area contributed by atoms with Gasteiger partial charge in [0.1, 0.15) is 0 Å². The van der Waals surface area contributed by atoms with E-state index in [-0.39, 0.29) is 23.2 Å². The first-order chi connectivity index (χ1) is 10.9. The molecule has 0 amide bonds. The van der Waals surface area contributed by atoms with Crippen LogP contribution in [0.3, 0.4) is 0 Å². The van der Waals surface area contributed by atoms with Crippen molar-refractivity contribution in [1.82, 2.24) is 0 Å². The summed E-state index contributed by atoms with van der Waals surface area (Å²) in [5, 5.41) is 10.5. The third kappa shape index (κ3) is 2.50. The Morgan fingerprint density at radius 3 is 2.83 bits per heavy atom. The molecule has 3 heteroatoms. The summed E-state index contributed by atoms with van der Waals surface area (Å²) in [5.74, 6) is 1.05. The van der Waals surface area contributed by atoms with Gasteiger partial charge < -0.3 is 9.52 Å². The molecule has 0 spiro atoms. The standard InChI is InChI=1S/C20H28O3/c1-14-10-17(22)11-19(3)18(14)5-4-15(2)20(19,13-21)8-6-16-7-9-23-12-16/h7,9-10,12,15,18,21H,4-6,8,11,13H2,1-3H3/t15-,18-,19-,20+/m0/s1. The van der Waals surface area contributed by atoms with Gasteiger partial charge in [0, 0.05) is 18.4 Å². The third-order valence-corrected chi connectivity index (χ3v) is 6.94. The monoisotopic (exact) mass is 316 g/mol. The van der Waals surface area contributed by atoms with Crippen LogP contribution in [0, 0.1) is 22.7 Å². The molecule has 1 aromatic heterocycles. The topological polar surface area (TPSA) is 50.4 Å². The number of hydrogen-bond acceptors (Lipinski definition) is 3. The maximum Gasteiger partial charge on any atom is 0.156 e. The van der Waals surface area contributed by atoms with E-state index in [1.165, 1.54) is 11.1 Å². The molecule has 0 saturated heterocycles. The van der Waals surface area contributed by atoms with Crippen molar-refractivity contribution in [2.75, 3.05) is 6.61 Å². The first-order valence-corrected chi connectivity index (χ1v) is 8.76. The molecule has 2 aliphatic carbocycles. The first kappa shape index (κ1) is 16.5. The van der Waals surface area contributed by atoms with E-state index in [0.29, 0.717) is 18.3 Å². The summed E-state index contributed by atoms with van der Waals surface area (Å²) in [6.45, 7) is 6.74. The van der Waals surface area contributed by atoms with Crippen molar-refractivity contribution >= 4 is 5.78 Å². The van der Waals surface area contributed by atoms with E-state index in [9.17, 15) is 9.90 Å². The van der Waals surface area contributed by atoms with E-state index in [1.807, 2.05) is 12.1 Å². The van der Waals surface area contributed by atoms with Crippen LogP contribution in [0.5, 0.6) is 0 Å². The Hall–Kier alpha value is -1.35. The highest BCUT2D eigenvalue weighted by atomic mass is 16.3. The summed E-state index contributed by atoms with van der Waals surface area (Å²) in [5.41, 5.74) is 2.01. The Bertz CT molecular complexity index is 600. The van der Waals surface area contributed by atoms with Gasteiger partial charge in [-0.3, -0.25) is 4.79 Å². The molecule has 0 radical (unpaired) electrons. The Kier molecular flexibility index (Phi) is 4.26. The van der Waals surface area contributed by atoms with Crippen molar-refractivity contribution in [3.05, 3.63) is 35.8 Å². The number of carbonyl (C=O) groups is 1. The first-order valence-electron chi connectivity index (χ1n) is 8.76. The maximum atomic E-state index is 12.3. The van der Waals surface area contributed by atoms with E-state index in [2.05, 4.69) is 20.8 Å². The number of aliphatic hydroxyl groups excluding tert-OH is 1. The number of ketones is 1. The molecule has 0 bridgehead atoms. The van der Waals surface area contributed by atoms with Gasteiger partial charge in [-0.2, -0.15) is 0 Å². The molecule has 1 saturated carbocycles. The second-order valence-electron chi connectivity index (χ2n) is 7.93. The van der Waals surface area contributed by atoms with E-state index >= 15 is 0 Å². The number of allylic oxidation sites excluding steroid dienone is 2. The van der Waals surface area contributed by atoms with Crippen LogP contribution in [0.2, 0.25) is 0 Å². The second-order valence-corrected chi connectivity index (χ2v) is 7.93. The zero-order chi connectivity index (χ0) is 16.7. The van der Waals surface area contributed by atoms with E-state index in [1.54, 1.807) is 12.5 Å². The average molecular weight is 316 g/mol. The molecular formula is C20H28O3. The minimum absolute atomic E-state index is 0.152. The molecule has 23 heavy (non-hydrogen) atoms. The normalized spacial score (nSPS) is 37.4. The van der Waals surface area contributed by atoms with E-state index < -0.39 is 0 Å². The summed E-state index contributed by atoms with van der Waals surface area (Å²) in [4.78, 5) is 12.3. The van der Waals surface area contributed by atoms with Crippen LogP contribution < -0.4 is 0 Å². The second kappa shape index (κ2) is 5.94. The predicted octanol–water partition coefficient (Wildman–Crippen LogP) is 4.16. The van der Waals surface area contributed by atoms with Crippen molar-refractivity contribution in [2.45, 2.75) is 52.9 Å². The molecule has 2 aliphatic rings. The number of hydrogen-bond donors (Lipinski definition) is 1. The lowest BCUT2D eigenvalue weighted by molar-refractivity contribution is -0.142. The molecule has 0 unspecified atom stereocenters. The molecule has 1 N–H and O–H groups in total. The molecule has 3 nitrogen and oxygen atoms in total. The molecular weight excluding hydrogens is 288 g/mol. The molecule has 4 atom stereocenters. The molecule has 3 rings (SSSR count).